The number of aliphatic carboxylic acids is 1. The lowest BCUT2D eigenvalue weighted by molar-refractivity contribution is -0.145. The van der Waals surface area contributed by atoms with Gasteiger partial charge in [-0.1, -0.05) is 93.9 Å². The van der Waals surface area contributed by atoms with Gasteiger partial charge in [0.25, 0.3) is 0 Å². The summed E-state index contributed by atoms with van der Waals surface area (Å²) in [6.07, 6.45) is 15.3. The largest absolute Gasteiger partial charge is 0.490 e. The Hall–Kier alpha value is -1.71. The van der Waals surface area contributed by atoms with E-state index in [0.717, 1.165) is 78.4 Å². The molecule has 0 aliphatic carbocycles. The second kappa shape index (κ2) is 17.2. The molecule has 0 saturated heterocycles. The minimum atomic E-state index is -0.897. The zero-order valence-corrected chi connectivity index (χ0v) is 26.6. The SMILES string of the molecule is CCc1cc2c(c(CC)c1OC(CC)C(=O)O)CC[C@@H](CCC[C@H](C)CCC[C@@H](C)C(CC)CCC(C)C)O2. The third-order valence-electron chi connectivity index (χ3n) is 9.21. The molecule has 1 aromatic rings. The molecule has 1 N–H and O–H groups in total. The summed E-state index contributed by atoms with van der Waals surface area (Å²) >= 11 is 0. The molecule has 0 amide bonds. The van der Waals surface area contributed by atoms with E-state index in [2.05, 4.69) is 54.5 Å². The Kier molecular flexibility index (Phi) is 14.8. The Labute approximate surface area is 240 Å². The number of rotatable bonds is 19. The van der Waals surface area contributed by atoms with Crippen molar-refractivity contribution in [2.24, 2.45) is 23.7 Å². The van der Waals surface area contributed by atoms with Crippen molar-refractivity contribution in [1.82, 2.24) is 0 Å². The topological polar surface area (TPSA) is 55.8 Å². The molecule has 2 rings (SSSR count). The predicted octanol–water partition coefficient (Wildman–Crippen LogP) is 9.82. The fourth-order valence-corrected chi connectivity index (χ4v) is 6.45. The van der Waals surface area contributed by atoms with Crippen LogP contribution in [-0.2, 0) is 24.1 Å². The highest BCUT2D eigenvalue weighted by molar-refractivity contribution is 5.73. The lowest BCUT2D eigenvalue weighted by atomic mass is 9.82. The molecule has 1 heterocycles. The first-order valence-corrected chi connectivity index (χ1v) is 16.4. The highest BCUT2D eigenvalue weighted by Crippen LogP contribution is 2.41. The molecule has 0 spiro atoms. The van der Waals surface area contributed by atoms with Crippen molar-refractivity contribution in [3.8, 4) is 11.5 Å². The molecule has 0 fully saturated rings. The Morgan fingerprint density at radius 3 is 2.28 bits per heavy atom. The molecule has 0 aromatic heterocycles. The van der Waals surface area contributed by atoms with Crippen LogP contribution in [0.1, 0.15) is 143 Å². The highest BCUT2D eigenvalue weighted by atomic mass is 16.5. The highest BCUT2D eigenvalue weighted by Gasteiger charge is 2.28. The van der Waals surface area contributed by atoms with Gasteiger partial charge >= 0.3 is 5.97 Å². The Balaban J connectivity index is 1.86. The van der Waals surface area contributed by atoms with Crippen molar-refractivity contribution >= 4 is 5.97 Å². The number of benzene rings is 1. The smallest absolute Gasteiger partial charge is 0.344 e. The van der Waals surface area contributed by atoms with Gasteiger partial charge in [0, 0.05) is 11.1 Å². The second-order valence-electron chi connectivity index (χ2n) is 12.7. The van der Waals surface area contributed by atoms with E-state index in [0.29, 0.717) is 6.42 Å². The van der Waals surface area contributed by atoms with Crippen LogP contribution in [-0.4, -0.2) is 23.3 Å². The number of fused-ring (bicyclic) bond motifs is 1. The summed E-state index contributed by atoms with van der Waals surface area (Å²) < 4.78 is 12.6. The predicted molar refractivity (Wildman–Crippen MR) is 164 cm³/mol. The van der Waals surface area contributed by atoms with Crippen LogP contribution in [0.15, 0.2) is 6.07 Å². The normalized spacial score (nSPS) is 18.2. The summed E-state index contributed by atoms with van der Waals surface area (Å²) in [5, 5.41) is 9.55. The number of ether oxygens (including phenoxy) is 2. The number of carbonyl (C=O) groups is 1. The molecular weight excluding hydrogens is 484 g/mol. The third-order valence-corrected chi connectivity index (χ3v) is 9.21. The zero-order valence-electron chi connectivity index (χ0n) is 26.6. The summed E-state index contributed by atoms with van der Waals surface area (Å²) in [4.78, 5) is 11.6. The average Bonchev–Trinajstić information content (AvgIpc) is 2.90. The fourth-order valence-electron chi connectivity index (χ4n) is 6.45. The van der Waals surface area contributed by atoms with E-state index in [1.165, 1.54) is 56.9 Å². The first-order chi connectivity index (χ1) is 18.6. The van der Waals surface area contributed by atoms with Crippen LogP contribution >= 0.6 is 0 Å². The zero-order chi connectivity index (χ0) is 28.9. The van der Waals surface area contributed by atoms with Gasteiger partial charge in [-0.2, -0.15) is 0 Å². The average molecular weight is 545 g/mol. The van der Waals surface area contributed by atoms with Crippen LogP contribution in [0.2, 0.25) is 0 Å². The van der Waals surface area contributed by atoms with Crippen LogP contribution in [0.25, 0.3) is 0 Å². The van der Waals surface area contributed by atoms with Gasteiger partial charge in [-0.05, 0) is 86.7 Å². The van der Waals surface area contributed by atoms with Crippen LogP contribution in [0.5, 0.6) is 11.5 Å². The Bertz CT molecular complexity index is 861. The van der Waals surface area contributed by atoms with Crippen molar-refractivity contribution in [2.75, 3.05) is 0 Å². The van der Waals surface area contributed by atoms with Gasteiger partial charge in [-0.25, -0.2) is 4.79 Å². The molecule has 1 aliphatic rings. The third kappa shape index (κ3) is 10.3. The van der Waals surface area contributed by atoms with Crippen LogP contribution in [0.3, 0.4) is 0 Å². The lowest BCUT2D eigenvalue weighted by Gasteiger charge is -2.30. The molecular formula is C35H60O4. The quantitative estimate of drug-likeness (QED) is 0.188. The second-order valence-corrected chi connectivity index (χ2v) is 12.7. The van der Waals surface area contributed by atoms with Crippen molar-refractivity contribution in [3.63, 3.8) is 0 Å². The summed E-state index contributed by atoms with van der Waals surface area (Å²) in [6, 6.07) is 2.12. The molecule has 224 valence electrons. The summed E-state index contributed by atoms with van der Waals surface area (Å²) in [5.74, 6) is 4.22. The molecule has 39 heavy (non-hydrogen) atoms. The minimum absolute atomic E-state index is 0.277. The van der Waals surface area contributed by atoms with Gasteiger partial charge in [0.1, 0.15) is 11.5 Å². The molecule has 2 unspecified atom stereocenters. The first kappa shape index (κ1) is 33.5. The number of hydrogen-bond donors (Lipinski definition) is 1. The van der Waals surface area contributed by atoms with Crippen molar-refractivity contribution < 1.29 is 19.4 Å². The summed E-state index contributed by atoms with van der Waals surface area (Å²) in [7, 11) is 0. The van der Waals surface area contributed by atoms with Crippen molar-refractivity contribution in [3.05, 3.63) is 22.8 Å². The van der Waals surface area contributed by atoms with E-state index in [9.17, 15) is 9.90 Å². The Morgan fingerprint density at radius 1 is 0.974 bits per heavy atom. The lowest BCUT2D eigenvalue weighted by Crippen LogP contribution is -2.28. The maximum atomic E-state index is 11.6. The van der Waals surface area contributed by atoms with Gasteiger partial charge in [0.15, 0.2) is 6.10 Å². The summed E-state index contributed by atoms with van der Waals surface area (Å²) in [6.45, 7) is 18.1. The molecule has 1 aliphatic heterocycles. The molecule has 0 saturated carbocycles. The maximum Gasteiger partial charge on any atom is 0.344 e. The van der Waals surface area contributed by atoms with Gasteiger partial charge in [0.05, 0.1) is 6.10 Å². The van der Waals surface area contributed by atoms with E-state index >= 15 is 0 Å². The van der Waals surface area contributed by atoms with Crippen molar-refractivity contribution in [2.45, 2.75) is 157 Å². The van der Waals surface area contributed by atoms with E-state index < -0.39 is 12.1 Å². The summed E-state index contributed by atoms with van der Waals surface area (Å²) in [5.41, 5.74) is 3.42. The van der Waals surface area contributed by atoms with Crippen LogP contribution in [0.4, 0.5) is 0 Å². The van der Waals surface area contributed by atoms with E-state index in [4.69, 9.17) is 9.47 Å². The van der Waals surface area contributed by atoms with Crippen LogP contribution < -0.4 is 9.47 Å². The fraction of sp³-hybridized carbons (Fsp3) is 0.800. The van der Waals surface area contributed by atoms with E-state index in [1.807, 2.05) is 6.92 Å². The van der Waals surface area contributed by atoms with Crippen LogP contribution in [0, 0.1) is 23.7 Å². The van der Waals surface area contributed by atoms with Gasteiger partial charge in [0.2, 0.25) is 0 Å². The standard InChI is InChI=1S/C35H60O4/c1-9-27(20-19-24(5)6)26(8)17-13-15-25(7)16-14-18-29-21-22-31-30(11-3)34(39-32(12-4)35(36)37)28(10-2)23-33(31)38-29/h23-27,29,32H,9-22H2,1-8H3,(H,36,37)/t25-,26-,27?,29-,32?/m1/s1. The first-order valence-electron chi connectivity index (χ1n) is 16.4. The monoisotopic (exact) mass is 544 g/mol. The van der Waals surface area contributed by atoms with Gasteiger partial charge < -0.3 is 14.6 Å². The maximum absolute atomic E-state index is 11.6. The van der Waals surface area contributed by atoms with Crippen molar-refractivity contribution in [1.29, 1.82) is 0 Å². The Morgan fingerprint density at radius 2 is 1.69 bits per heavy atom. The molecule has 0 radical (unpaired) electrons. The van der Waals surface area contributed by atoms with E-state index in [1.54, 1.807) is 0 Å². The number of hydrogen-bond acceptors (Lipinski definition) is 3. The minimum Gasteiger partial charge on any atom is -0.490 e. The molecule has 4 nitrogen and oxygen atoms in total. The molecule has 5 atom stereocenters. The number of aryl methyl sites for hydroxylation is 1. The van der Waals surface area contributed by atoms with Gasteiger partial charge in [-0.15, -0.1) is 0 Å². The molecule has 4 heteroatoms. The molecule has 0 bridgehead atoms. The number of carboxylic acid groups (broad SMARTS) is 1. The number of carboxylic acids is 1. The molecule has 1 aromatic carbocycles. The van der Waals surface area contributed by atoms with Gasteiger partial charge in [-0.3, -0.25) is 0 Å². The van der Waals surface area contributed by atoms with E-state index in [-0.39, 0.29) is 6.10 Å².